The van der Waals surface area contributed by atoms with Crippen LogP contribution >= 0.6 is 11.6 Å². The normalized spacial score (nSPS) is 11.5. The molecule has 5 heteroatoms. The Morgan fingerprint density at radius 2 is 1.91 bits per heavy atom. The molecular formula is C6H5ClN2O2. The van der Waals surface area contributed by atoms with Crippen LogP contribution in [0.2, 0.25) is 5.02 Å². The lowest BCUT2D eigenvalue weighted by molar-refractivity contribution is -0.473. The summed E-state index contributed by atoms with van der Waals surface area (Å²) in [6.45, 7) is 0. The molecule has 0 bridgehead atoms. The van der Waals surface area contributed by atoms with E-state index in [1.807, 2.05) is 0 Å². The third-order valence-electron chi connectivity index (χ3n) is 1.13. The van der Waals surface area contributed by atoms with Gasteiger partial charge in [-0.15, -0.1) is 0 Å². The van der Waals surface area contributed by atoms with E-state index in [2.05, 4.69) is 5.28 Å². The molecule has 11 heavy (non-hydrogen) atoms. The molecular weight excluding hydrogens is 168 g/mol. The van der Waals surface area contributed by atoms with Crippen molar-refractivity contribution in [3.63, 3.8) is 0 Å². The Kier molecular flexibility index (Phi) is 2.28. The molecule has 0 aromatic heterocycles. The molecule has 0 saturated carbocycles. The third-order valence-corrected chi connectivity index (χ3v) is 1.38. The highest BCUT2D eigenvalue weighted by Gasteiger charge is 2.00. The molecule has 0 aliphatic carbocycles. The number of benzene rings is 1. The second kappa shape index (κ2) is 3.21. The molecule has 0 aliphatic heterocycles. The fourth-order valence-electron chi connectivity index (χ4n) is 0.620. The van der Waals surface area contributed by atoms with E-state index in [0.717, 1.165) is 0 Å². The lowest BCUT2D eigenvalue weighted by Gasteiger charge is -1.94. The average molecular weight is 173 g/mol. The van der Waals surface area contributed by atoms with Crippen molar-refractivity contribution in [1.29, 1.82) is 0 Å². The Morgan fingerprint density at radius 1 is 1.36 bits per heavy atom. The third kappa shape index (κ3) is 1.81. The number of hydrogen-bond donors (Lipinski definition) is 1. The minimum atomic E-state index is 0.0936. The number of nitrogens with zero attached hydrogens (tertiary/aromatic N) is 2. The van der Waals surface area contributed by atoms with Crippen LogP contribution in [0.15, 0.2) is 29.5 Å². The van der Waals surface area contributed by atoms with Crippen molar-refractivity contribution in [2.24, 2.45) is 5.28 Å². The molecule has 0 saturated heterocycles. The standard InChI is InChI=1S/C6H5ClN2O2/c7-5-1-3-6(4-2-5)9(11)8-10/h1-4,10H. The summed E-state index contributed by atoms with van der Waals surface area (Å²) in [5, 5.41) is 21.6. The maximum atomic E-state index is 10.6. The maximum absolute atomic E-state index is 10.6. The van der Waals surface area contributed by atoms with Gasteiger partial charge in [0.25, 0.3) is 0 Å². The first-order valence-corrected chi connectivity index (χ1v) is 3.19. The highest BCUT2D eigenvalue weighted by molar-refractivity contribution is 6.30. The van der Waals surface area contributed by atoms with Crippen LogP contribution < -0.4 is 0 Å². The molecule has 0 atom stereocenters. The molecule has 1 rings (SSSR count). The van der Waals surface area contributed by atoms with Crippen LogP contribution in [0.1, 0.15) is 0 Å². The van der Waals surface area contributed by atoms with Gasteiger partial charge in [-0.25, -0.2) is 0 Å². The first-order chi connectivity index (χ1) is 5.24. The van der Waals surface area contributed by atoms with Gasteiger partial charge in [0.2, 0.25) is 11.0 Å². The zero-order chi connectivity index (χ0) is 8.27. The van der Waals surface area contributed by atoms with E-state index >= 15 is 0 Å². The van der Waals surface area contributed by atoms with Gasteiger partial charge >= 0.3 is 0 Å². The van der Waals surface area contributed by atoms with Gasteiger partial charge in [-0.1, -0.05) is 11.6 Å². The minimum absolute atomic E-state index is 0.0936. The van der Waals surface area contributed by atoms with Crippen molar-refractivity contribution in [2.75, 3.05) is 0 Å². The van der Waals surface area contributed by atoms with E-state index in [1.54, 1.807) is 0 Å². The second-order valence-electron chi connectivity index (χ2n) is 1.84. The Hall–Kier alpha value is -1.29. The monoisotopic (exact) mass is 172 g/mol. The molecule has 0 aliphatic rings. The molecule has 0 heterocycles. The van der Waals surface area contributed by atoms with E-state index in [4.69, 9.17) is 16.8 Å². The summed E-state index contributed by atoms with van der Waals surface area (Å²) in [5.41, 5.74) is 0.233. The molecule has 1 aromatic rings. The predicted octanol–water partition coefficient (Wildman–Crippen LogP) is 2.32. The predicted molar refractivity (Wildman–Crippen MR) is 39.0 cm³/mol. The van der Waals surface area contributed by atoms with Crippen molar-refractivity contribution in [3.05, 3.63) is 34.5 Å². The van der Waals surface area contributed by atoms with E-state index in [0.29, 0.717) is 5.02 Å². The summed E-state index contributed by atoms with van der Waals surface area (Å²) in [6, 6.07) is 5.98. The molecule has 0 unspecified atom stereocenters. The van der Waals surface area contributed by atoms with E-state index in [1.165, 1.54) is 24.3 Å². The van der Waals surface area contributed by atoms with Crippen LogP contribution in [0, 0.1) is 5.21 Å². The van der Waals surface area contributed by atoms with Crippen LogP contribution in [-0.4, -0.2) is 10.1 Å². The van der Waals surface area contributed by atoms with Gasteiger partial charge in [-0.3, -0.25) is 0 Å². The van der Waals surface area contributed by atoms with Gasteiger partial charge in [0.1, 0.15) is 0 Å². The van der Waals surface area contributed by atoms with Crippen molar-refractivity contribution < 1.29 is 10.1 Å². The fourth-order valence-corrected chi connectivity index (χ4v) is 0.746. The Morgan fingerprint density at radius 3 is 2.36 bits per heavy atom. The van der Waals surface area contributed by atoms with Gasteiger partial charge in [0.05, 0.1) is 0 Å². The topological polar surface area (TPSA) is 58.7 Å². The fraction of sp³-hybridized carbons (Fsp3) is 0. The first kappa shape index (κ1) is 7.81. The van der Waals surface area contributed by atoms with Crippen molar-refractivity contribution in [3.8, 4) is 0 Å². The summed E-state index contributed by atoms with van der Waals surface area (Å²) < 4.78 is 0. The molecule has 0 amide bonds. The number of rotatable bonds is 1. The summed E-state index contributed by atoms with van der Waals surface area (Å²) in [4.78, 5) is 0.0936. The Bertz CT molecular complexity index is 270. The van der Waals surface area contributed by atoms with E-state index < -0.39 is 0 Å². The van der Waals surface area contributed by atoms with Crippen LogP contribution in [0.3, 0.4) is 0 Å². The minimum Gasteiger partial charge on any atom is -0.592 e. The van der Waals surface area contributed by atoms with Crippen molar-refractivity contribution in [2.45, 2.75) is 0 Å². The van der Waals surface area contributed by atoms with Gasteiger partial charge in [0.15, 0.2) is 0 Å². The summed E-state index contributed by atoms with van der Waals surface area (Å²) in [6.07, 6.45) is 0. The highest BCUT2D eigenvalue weighted by Crippen LogP contribution is 2.15. The molecule has 4 nitrogen and oxygen atoms in total. The zero-order valence-electron chi connectivity index (χ0n) is 5.44. The van der Waals surface area contributed by atoms with Gasteiger partial charge in [-0.05, 0) is 17.0 Å². The van der Waals surface area contributed by atoms with Crippen LogP contribution in [-0.2, 0) is 0 Å². The SMILES string of the molecule is [O-][N+](=NO)c1ccc(Cl)cc1. The van der Waals surface area contributed by atoms with Crippen LogP contribution in [0.5, 0.6) is 0 Å². The Balaban J connectivity index is 2.99. The van der Waals surface area contributed by atoms with Crippen molar-refractivity contribution >= 4 is 17.3 Å². The van der Waals surface area contributed by atoms with Crippen LogP contribution in [0.4, 0.5) is 5.69 Å². The molecule has 58 valence electrons. The van der Waals surface area contributed by atoms with Crippen LogP contribution in [0.25, 0.3) is 0 Å². The summed E-state index contributed by atoms with van der Waals surface area (Å²) in [7, 11) is 0. The molecule has 0 spiro atoms. The zero-order valence-corrected chi connectivity index (χ0v) is 6.19. The maximum Gasteiger partial charge on any atom is 0.248 e. The lowest BCUT2D eigenvalue weighted by Crippen LogP contribution is -1.88. The highest BCUT2D eigenvalue weighted by atomic mass is 35.5. The van der Waals surface area contributed by atoms with Gasteiger partial charge in [0, 0.05) is 17.2 Å². The second-order valence-corrected chi connectivity index (χ2v) is 2.28. The molecule has 0 radical (unpaired) electrons. The van der Waals surface area contributed by atoms with E-state index in [-0.39, 0.29) is 10.5 Å². The van der Waals surface area contributed by atoms with E-state index in [9.17, 15) is 5.21 Å². The van der Waals surface area contributed by atoms with Gasteiger partial charge in [-0.2, -0.15) is 0 Å². The molecule has 0 fully saturated rings. The van der Waals surface area contributed by atoms with Crippen molar-refractivity contribution in [1.82, 2.24) is 0 Å². The smallest absolute Gasteiger partial charge is 0.248 e. The van der Waals surface area contributed by atoms with Gasteiger partial charge < -0.3 is 10.4 Å². The number of halogens is 1. The lowest BCUT2D eigenvalue weighted by atomic mass is 10.3. The quantitative estimate of drug-likeness (QED) is 0.402. The largest absolute Gasteiger partial charge is 0.592 e. The molecule has 1 N–H and O–H groups in total. The molecule has 1 aromatic carbocycles. The number of hydrogen-bond acceptors (Lipinski definition) is 2. The summed E-state index contributed by atoms with van der Waals surface area (Å²) >= 11 is 5.55. The first-order valence-electron chi connectivity index (χ1n) is 2.82. The Labute approximate surface area is 67.9 Å². The average Bonchev–Trinajstić information content (AvgIpc) is 2.05. The summed E-state index contributed by atoms with van der Waals surface area (Å²) in [5.74, 6) is 0.